The van der Waals surface area contributed by atoms with Crippen LogP contribution >= 0.6 is 0 Å². The van der Waals surface area contributed by atoms with Crippen LogP contribution in [-0.2, 0) is 4.74 Å². The van der Waals surface area contributed by atoms with Gasteiger partial charge in [0.2, 0.25) is 0 Å². The zero-order valence-corrected chi connectivity index (χ0v) is 17.6. The second-order valence-electron chi connectivity index (χ2n) is 7.08. The normalized spacial score (nSPS) is 15.2. The zero-order chi connectivity index (χ0) is 24.0. The number of benzene rings is 2. The molecule has 0 aliphatic carbocycles. The number of amides is 1. The average Bonchev–Trinajstić information content (AvgIpc) is 2.80. The van der Waals surface area contributed by atoms with Crippen LogP contribution in [0.1, 0.15) is 22.0 Å². The van der Waals surface area contributed by atoms with Crippen molar-refractivity contribution in [3.63, 3.8) is 0 Å². The van der Waals surface area contributed by atoms with E-state index in [1.165, 1.54) is 12.1 Å². The van der Waals surface area contributed by atoms with Crippen molar-refractivity contribution in [3.05, 3.63) is 63.5 Å². The maximum Gasteiger partial charge on any atom is 0.387 e. The first-order valence-electron chi connectivity index (χ1n) is 9.97. The van der Waals surface area contributed by atoms with Gasteiger partial charge >= 0.3 is 6.61 Å². The molecule has 1 atom stereocenters. The minimum absolute atomic E-state index is 0.0548. The summed E-state index contributed by atoms with van der Waals surface area (Å²) < 4.78 is 53.3. The molecule has 0 bridgehead atoms. The van der Waals surface area contributed by atoms with Crippen molar-refractivity contribution in [2.75, 3.05) is 40.0 Å². The van der Waals surface area contributed by atoms with Gasteiger partial charge in [-0.05, 0) is 17.7 Å². The van der Waals surface area contributed by atoms with Gasteiger partial charge < -0.3 is 19.5 Å². The van der Waals surface area contributed by atoms with Crippen LogP contribution in [0.3, 0.4) is 0 Å². The summed E-state index contributed by atoms with van der Waals surface area (Å²) in [5.74, 6) is -2.02. The summed E-state index contributed by atoms with van der Waals surface area (Å²) in [4.78, 5) is 25.5. The molecule has 1 saturated heterocycles. The summed E-state index contributed by atoms with van der Waals surface area (Å²) in [7, 11) is 1.16. The molecule has 0 aromatic heterocycles. The minimum Gasteiger partial charge on any atom is -0.493 e. The molecule has 0 radical (unpaired) electrons. The van der Waals surface area contributed by atoms with Crippen LogP contribution in [-0.4, -0.2) is 62.3 Å². The highest BCUT2D eigenvalue weighted by Crippen LogP contribution is 2.35. The van der Waals surface area contributed by atoms with Crippen LogP contribution in [0.4, 0.5) is 18.9 Å². The number of carbonyl (C=O) groups is 1. The molecule has 2 aromatic carbocycles. The molecule has 2 aromatic rings. The van der Waals surface area contributed by atoms with Gasteiger partial charge in [0, 0.05) is 25.7 Å². The highest BCUT2D eigenvalue weighted by Gasteiger charge is 2.28. The molecule has 0 unspecified atom stereocenters. The van der Waals surface area contributed by atoms with Gasteiger partial charge in [0.15, 0.2) is 11.5 Å². The average molecular weight is 469 g/mol. The van der Waals surface area contributed by atoms with Crippen LogP contribution < -0.4 is 14.8 Å². The van der Waals surface area contributed by atoms with E-state index in [2.05, 4.69) is 10.1 Å². The monoisotopic (exact) mass is 469 g/mol. The Labute approximate surface area is 187 Å². The van der Waals surface area contributed by atoms with Gasteiger partial charge in [0.05, 0.1) is 37.4 Å². The fourth-order valence-electron chi connectivity index (χ4n) is 3.55. The molecular formula is C21H22F3N3O6. The summed E-state index contributed by atoms with van der Waals surface area (Å²) in [6.45, 7) is -1.06. The number of ether oxygens (including phenoxy) is 3. The summed E-state index contributed by atoms with van der Waals surface area (Å²) in [5.41, 5.74) is -0.349. The van der Waals surface area contributed by atoms with Crippen LogP contribution in [0.5, 0.6) is 11.5 Å². The van der Waals surface area contributed by atoms with E-state index in [0.717, 1.165) is 24.8 Å². The van der Waals surface area contributed by atoms with Crippen LogP contribution in [0.15, 0.2) is 36.4 Å². The lowest BCUT2D eigenvalue weighted by atomic mass is 10.0. The Bertz CT molecular complexity index is 984. The fourth-order valence-corrected chi connectivity index (χ4v) is 3.55. The Kier molecular flexibility index (Phi) is 8.06. The zero-order valence-electron chi connectivity index (χ0n) is 17.6. The molecule has 1 N–H and O–H groups in total. The Morgan fingerprint density at radius 1 is 1.21 bits per heavy atom. The van der Waals surface area contributed by atoms with E-state index in [9.17, 15) is 28.1 Å². The fraction of sp³-hybridized carbons (Fsp3) is 0.381. The highest BCUT2D eigenvalue weighted by atomic mass is 19.3. The molecule has 1 aliphatic heterocycles. The largest absolute Gasteiger partial charge is 0.493 e. The van der Waals surface area contributed by atoms with Gasteiger partial charge in [-0.2, -0.15) is 8.78 Å². The number of hydrogen-bond donors (Lipinski definition) is 1. The van der Waals surface area contributed by atoms with Gasteiger partial charge in [0.1, 0.15) is 11.4 Å². The van der Waals surface area contributed by atoms with Crippen molar-refractivity contribution in [3.8, 4) is 11.5 Å². The number of nitrogens with one attached hydrogen (secondary N) is 1. The number of alkyl halides is 2. The first kappa shape index (κ1) is 24.3. The van der Waals surface area contributed by atoms with Crippen molar-refractivity contribution < 1.29 is 37.1 Å². The SMILES string of the molecule is COc1cc(C(=O)NC[C@@H](c2ccc(F)cc2)N2CCOCC2)c([N+](=O)[O-])cc1OC(F)F. The van der Waals surface area contributed by atoms with Crippen LogP contribution in [0.2, 0.25) is 0 Å². The maximum absolute atomic E-state index is 13.4. The Hall–Kier alpha value is -3.38. The van der Waals surface area contributed by atoms with E-state index in [1.54, 1.807) is 12.1 Å². The van der Waals surface area contributed by atoms with E-state index in [1.807, 2.05) is 4.90 Å². The molecular weight excluding hydrogens is 447 g/mol. The van der Waals surface area contributed by atoms with Crippen molar-refractivity contribution >= 4 is 11.6 Å². The Morgan fingerprint density at radius 3 is 2.45 bits per heavy atom. The summed E-state index contributed by atoms with van der Waals surface area (Å²) >= 11 is 0. The lowest BCUT2D eigenvalue weighted by molar-refractivity contribution is -0.385. The standard InChI is InChI=1S/C21H22F3N3O6/c1-31-18-10-15(16(27(29)30)11-19(18)33-21(23)24)20(28)25-12-17(26-6-8-32-9-7-26)13-2-4-14(22)5-3-13/h2-5,10-11,17,21H,6-9,12H2,1H3,(H,25,28)/t17-/m0/s1. The first-order valence-corrected chi connectivity index (χ1v) is 9.97. The summed E-state index contributed by atoms with van der Waals surface area (Å²) in [6.07, 6.45) is 0. The van der Waals surface area contributed by atoms with Gasteiger partial charge in [-0.1, -0.05) is 12.1 Å². The lowest BCUT2D eigenvalue weighted by Crippen LogP contribution is -2.43. The number of hydrogen-bond acceptors (Lipinski definition) is 7. The predicted molar refractivity (Wildman–Crippen MR) is 110 cm³/mol. The molecule has 1 aliphatic rings. The van der Waals surface area contributed by atoms with E-state index >= 15 is 0 Å². The van der Waals surface area contributed by atoms with Crippen molar-refractivity contribution in [2.24, 2.45) is 0 Å². The highest BCUT2D eigenvalue weighted by molar-refractivity contribution is 5.99. The topological polar surface area (TPSA) is 103 Å². The summed E-state index contributed by atoms with van der Waals surface area (Å²) in [6, 6.07) is 7.17. The van der Waals surface area contributed by atoms with E-state index in [0.29, 0.717) is 26.3 Å². The van der Waals surface area contributed by atoms with Crippen molar-refractivity contribution in [2.45, 2.75) is 12.7 Å². The molecule has 3 rings (SSSR count). The Morgan fingerprint density at radius 2 is 1.88 bits per heavy atom. The summed E-state index contributed by atoms with van der Waals surface area (Å²) in [5, 5.41) is 14.1. The van der Waals surface area contributed by atoms with E-state index in [-0.39, 0.29) is 23.9 Å². The molecule has 9 nitrogen and oxygen atoms in total. The number of methoxy groups -OCH3 is 1. The molecule has 0 spiro atoms. The third-order valence-corrected chi connectivity index (χ3v) is 5.14. The molecule has 33 heavy (non-hydrogen) atoms. The third kappa shape index (κ3) is 6.11. The molecule has 178 valence electrons. The molecule has 1 heterocycles. The Balaban J connectivity index is 1.86. The number of halogens is 3. The molecule has 1 amide bonds. The van der Waals surface area contributed by atoms with Gasteiger partial charge in [-0.3, -0.25) is 19.8 Å². The number of nitro benzene ring substituents is 1. The quantitative estimate of drug-likeness (QED) is 0.445. The van der Waals surface area contributed by atoms with Crippen molar-refractivity contribution in [1.29, 1.82) is 0 Å². The number of morpholine rings is 1. The van der Waals surface area contributed by atoms with E-state index in [4.69, 9.17) is 9.47 Å². The molecule has 12 heteroatoms. The smallest absolute Gasteiger partial charge is 0.387 e. The second-order valence-corrected chi connectivity index (χ2v) is 7.08. The van der Waals surface area contributed by atoms with Crippen LogP contribution in [0.25, 0.3) is 0 Å². The van der Waals surface area contributed by atoms with E-state index < -0.39 is 34.7 Å². The minimum atomic E-state index is -3.23. The third-order valence-electron chi connectivity index (χ3n) is 5.14. The number of nitrogens with zero attached hydrogens (tertiary/aromatic N) is 2. The van der Waals surface area contributed by atoms with Gasteiger partial charge in [0.25, 0.3) is 11.6 Å². The van der Waals surface area contributed by atoms with Crippen molar-refractivity contribution in [1.82, 2.24) is 10.2 Å². The number of rotatable bonds is 9. The maximum atomic E-state index is 13.4. The first-order chi connectivity index (χ1) is 15.8. The molecule has 1 fully saturated rings. The van der Waals surface area contributed by atoms with Gasteiger partial charge in [-0.15, -0.1) is 0 Å². The second kappa shape index (κ2) is 11.0. The lowest BCUT2D eigenvalue weighted by Gasteiger charge is -2.35. The van der Waals surface area contributed by atoms with Crippen LogP contribution in [0, 0.1) is 15.9 Å². The molecule has 0 saturated carbocycles. The number of carbonyl (C=O) groups excluding carboxylic acids is 1. The predicted octanol–water partition coefficient (Wildman–Crippen LogP) is 3.15. The number of nitro groups is 1. The van der Waals surface area contributed by atoms with Gasteiger partial charge in [-0.25, -0.2) is 4.39 Å².